The van der Waals surface area contributed by atoms with Gasteiger partial charge in [-0.25, -0.2) is 0 Å². The van der Waals surface area contributed by atoms with Crippen LogP contribution in [0.15, 0.2) is 72.8 Å². The Morgan fingerprint density at radius 3 is 2.00 bits per heavy atom. The topological polar surface area (TPSA) is 47.6 Å². The van der Waals surface area contributed by atoms with E-state index in [9.17, 15) is 4.79 Å². The van der Waals surface area contributed by atoms with Crippen molar-refractivity contribution in [3.8, 4) is 0 Å². The minimum atomic E-state index is -2.66. The van der Waals surface area contributed by atoms with Crippen LogP contribution in [0.1, 0.15) is 27.7 Å². The molecule has 0 unspecified atom stereocenters. The molecule has 2 aromatic carbocycles. The molecule has 0 fully saturated rings. The average Bonchev–Trinajstić information content (AvgIpc) is 2.71. The van der Waals surface area contributed by atoms with Crippen molar-refractivity contribution >= 4 is 24.5 Å². The van der Waals surface area contributed by atoms with Gasteiger partial charge in [-0.1, -0.05) is 81.4 Å². The second-order valence-electron chi connectivity index (χ2n) is 8.33. The molecule has 5 heteroatoms. The predicted octanol–water partition coefficient (Wildman–Crippen LogP) is 3.02. The molecule has 3 rings (SSSR count). The van der Waals surface area contributed by atoms with Gasteiger partial charge in [-0.05, 0) is 34.5 Å². The normalized spacial score (nSPS) is 20.1. The summed E-state index contributed by atoms with van der Waals surface area (Å²) >= 11 is 0. The van der Waals surface area contributed by atoms with E-state index in [1.54, 1.807) is 12.2 Å². The van der Waals surface area contributed by atoms with Gasteiger partial charge in [-0.2, -0.15) is 0 Å². The molecule has 1 aliphatic heterocycles. The third kappa shape index (κ3) is 4.59. The lowest BCUT2D eigenvalue weighted by Gasteiger charge is -2.44. The minimum Gasteiger partial charge on any atom is -0.405 e. The summed E-state index contributed by atoms with van der Waals surface area (Å²) in [6.45, 7) is 9.53. The zero-order valence-corrected chi connectivity index (χ0v) is 18.7. The van der Waals surface area contributed by atoms with Crippen LogP contribution in [0.2, 0.25) is 5.04 Å². The number of carbonyl (C=O) groups excluding carboxylic acids is 1. The molecule has 0 spiro atoms. The summed E-state index contributed by atoms with van der Waals surface area (Å²) in [6, 6.07) is 20.5. The Hall–Kier alpha value is -2.05. The van der Waals surface area contributed by atoms with Gasteiger partial charge in [0.05, 0.1) is 12.6 Å². The highest BCUT2D eigenvalue weighted by atomic mass is 28.4. The Kier molecular flexibility index (Phi) is 6.85. The average molecular weight is 410 g/mol. The van der Waals surface area contributed by atoms with Crippen LogP contribution < -0.4 is 15.7 Å². The third-order valence-electron chi connectivity index (χ3n) is 5.37. The van der Waals surface area contributed by atoms with E-state index in [2.05, 4.69) is 74.6 Å². The van der Waals surface area contributed by atoms with E-state index < -0.39 is 14.4 Å². The first-order chi connectivity index (χ1) is 13.9. The first-order valence-electron chi connectivity index (χ1n) is 10.2. The molecule has 1 aliphatic rings. The fourth-order valence-corrected chi connectivity index (χ4v) is 8.59. The molecule has 1 N–H and O–H groups in total. The fourth-order valence-electron chi connectivity index (χ4n) is 4.02. The summed E-state index contributed by atoms with van der Waals surface area (Å²) in [4.78, 5) is 12.5. The number of ether oxygens (including phenoxy) is 1. The lowest BCUT2D eigenvalue weighted by atomic mass is 10.1. The Bertz CT molecular complexity index is 791. The van der Waals surface area contributed by atoms with Crippen LogP contribution in [0.4, 0.5) is 0 Å². The number of nitrogens with one attached hydrogen (secondary N) is 1. The first kappa shape index (κ1) is 21.7. The van der Waals surface area contributed by atoms with Gasteiger partial charge in [-0.3, -0.25) is 10.1 Å². The zero-order chi connectivity index (χ0) is 20.9. The van der Waals surface area contributed by atoms with Gasteiger partial charge in [0.1, 0.15) is 6.23 Å². The van der Waals surface area contributed by atoms with Gasteiger partial charge in [0.2, 0.25) is 0 Å². The van der Waals surface area contributed by atoms with Gasteiger partial charge in [0.25, 0.3) is 8.32 Å². The molecule has 0 aliphatic carbocycles. The second-order valence-corrected chi connectivity index (χ2v) is 12.6. The molecular formula is C24H31NO3Si. The van der Waals surface area contributed by atoms with Crippen molar-refractivity contribution in [1.29, 1.82) is 0 Å². The van der Waals surface area contributed by atoms with Crippen molar-refractivity contribution in [2.45, 2.75) is 45.0 Å². The monoisotopic (exact) mass is 409 g/mol. The van der Waals surface area contributed by atoms with E-state index in [0.717, 1.165) is 0 Å². The summed E-state index contributed by atoms with van der Waals surface area (Å²) < 4.78 is 12.5. The lowest BCUT2D eigenvalue weighted by molar-refractivity contribution is -0.119. The molecule has 2 atom stereocenters. The van der Waals surface area contributed by atoms with Crippen LogP contribution >= 0.6 is 0 Å². The Morgan fingerprint density at radius 2 is 1.52 bits per heavy atom. The first-order valence-corrected chi connectivity index (χ1v) is 12.1. The number of hydrogen-bond donors (Lipinski definition) is 1. The fraction of sp³-hybridized carbons (Fsp3) is 0.375. The predicted molar refractivity (Wildman–Crippen MR) is 120 cm³/mol. The molecular weight excluding hydrogens is 378 g/mol. The molecule has 0 radical (unpaired) electrons. The van der Waals surface area contributed by atoms with Crippen molar-refractivity contribution in [1.82, 2.24) is 5.32 Å². The number of rotatable bonds is 7. The number of ketones is 1. The van der Waals surface area contributed by atoms with Crippen molar-refractivity contribution in [3.63, 3.8) is 0 Å². The molecule has 0 saturated heterocycles. The van der Waals surface area contributed by atoms with Gasteiger partial charge < -0.3 is 9.16 Å². The van der Waals surface area contributed by atoms with E-state index in [1.807, 2.05) is 19.1 Å². The molecule has 2 aromatic rings. The van der Waals surface area contributed by atoms with E-state index >= 15 is 0 Å². The summed E-state index contributed by atoms with van der Waals surface area (Å²) in [7, 11) is -2.66. The van der Waals surface area contributed by atoms with E-state index in [1.165, 1.54) is 10.4 Å². The van der Waals surface area contributed by atoms with Crippen molar-refractivity contribution < 1.29 is 14.0 Å². The van der Waals surface area contributed by atoms with Crippen LogP contribution in [-0.2, 0) is 14.0 Å². The number of hydrogen-bond acceptors (Lipinski definition) is 4. The molecule has 154 valence electrons. The van der Waals surface area contributed by atoms with Crippen molar-refractivity contribution in [2.24, 2.45) is 0 Å². The van der Waals surface area contributed by atoms with E-state index in [-0.39, 0.29) is 17.0 Å². The van der Waals surface area contributed by atoms with Gasteiger partial charge >= 0.3 is 0 Å². The van der Waals surface area contributed by atoms with Crippen molar-refractivity contribution in [2.75, 3.05) is 13.2 Å². The summed E-state index contributed by atoms with van der Waals surface area (Å²) in [5.74, 6) is 0.0267. The highest BCUT2D eigenvalue weighted by Crippen LogP contribution is 2.36. The Balaban J connectivity index is 1.98. The minimum absolute atomic E-state index is 0.0267. The van der Waals surface area contributed by atoms with Crippen LogP contribution in [0.5, 0.6) is 0 Å². The van der Waals surface area contributed by atoms with Crippen LogP contribution in [0.25, 0.3) is 0 Å². The largest absolute Gasteiger partial charge is 0.405 e. The SMILES string of the molecule is CCO[C@H]1C=CC(=O)[C@H](CO[Si](c2ccccc2)(c2ccccc2)C(C)(C)C)N1. The quantitative estimate of drug-likeness (QED) is 0.714. The maximum atomic E-state index is 12.5. The Morgan fingerprint density at radius 1 is 0.966 bits per heavy atom. The molecule has 0 amide bonds. The van der Waals surface area contributed by atoms with Gasteiger partial charge in [0, 0.05) is 6.61 Å². The molecule has 4 nitrogen and oxygen atoms in total. The standard InChI is InChI=1S/C24H31NO3Si/c1-5-27-23-17-16-22(26)21(25-23)18-28-29(24(2,3)4,19-12-8-6-9-13-19)20-14-10-7-11-15-20/h6-17,21,23,25H,5,18H2,1-4H3/t21-,23-/m0/s1. The third-order valence-corrected chi connectivity index (χ3v) is 10.4. The molecule has 1 heterocycles. The number of carbonyl (C=O) groups is 1. The van der Waals surface area contributed by atoms with E-state index in [0.29, 0.717) is 13.2 Å². The van der Waals surface area contributed by atoms with E-state index in [4.69, 9.17) is 9.16 Å². The maximum Gasteiger partial charge on any atom is 0.261 e. The maximum absolute atomic E-state index is 12.5. The summed E-state index contributed by atoms with van der Waals surface area (Å²) in [6.07, 6.45) is 3.12. The second kappa shape index (κ2) is 9.18. The van der Waals surface area contributed by atoms with Crippen molar-refractivity contribution in [3.05, 3.63) is 72.8 Å². The highest BCUT2D eigenvalue weighted by Gasteiger charge is 2.50. The molecule has 0 saturated carbocycles. The zero-order valence-electron chi connectivity index (χ0n) is 17.7. The Labute approximate surface area is 175 Å². The lowest BCUT2D eigenvalue weighted by Crippen LogP contribution is -2.67. The summed E-state index contributed by atoms with van der Waals surface area (Å²) in [5.41, 5.74) is 0. The molecule has 29 heavy (non-hydrogen) atoms. The van der Waals surface area contributed by atoms with Crippen LogP contribution in [-0.4, -0.2) is 39.6 Å². The highest BCUT2D eigenvalue weighted by molar-refractivity contribution is 6.99. The van der Waals surface area contributed by atoms with Gasteiger partial charge in [-0.15, -0.1) is 0 Å². The molecule has 0 bridgehead atoms. The van der Waals surface area contributed by atoms with Crippen LogP contribution in [0.3, 0.4) is 0 Å². The smallest absolute Gasteiger partial charge is 0.261 e. The van der Waals surface area contributed by atoms with Gasteiger partial charge in [0.15, 0.2) is 5.78 Å². The number of benzene rings is 2. The van der Waals surface area contributed by atoms with Crippen LogP contribution in [0, 0.1) is 0 Å². The molecule has 0 aromatic heterocycles. The summed E-state index contributed by atoms with van der Waals surface area (Å²) in [5, 5.41) is 5.56.